The van der Waals surface area contributed by atoms with Crippen LogP contribution in [0.1, 0.15) is 33.3 Å². The number of ether oxygens (including phenoxy) is 1. The number of hydrogen-bond donors (Lipinski definition) is 2. The topological polar surface area (TPSA) is 41.5 Å². The molecule has 0 amide bonds. The van der Waals surface area contributed by atoms with E-state index in [2.05, 4.69) is 47.2 Å². The highest BCUT2D eigenvalue weighted by molar-refractivity contribution is 9.10. The summed E-state index contributed by atoms with van der Waals surface area (Å²) in [4.78, 5) is 0. The highest BCUT2D eigenvalue weighted by atomic mass is 79.9. The van der Waals surface area contributed by atoms with E-state index < -0.39 is 5.60 Å². The maximum atomic E-state index is 9.71. The third kappa shape index (κ3) is 5.13. The first-order valence-electron chi connectivity index (χ1n) is 6.43. The minimum Gasteiger partial charge on any atom is -0.496 e. The fourth-order valence-corrected chi connectivity index (χ4v) is 2.41. The molecule has 0 atom stereocenters. The first-order valence-corrected chi connectivity index (χ1v) is 7.22. The van der Waals surface area contributed by atoms with E-state index in [1.807, 2.05) is 6.07 Å². The quantitative estimate of drug-likeness (QED) is 0.842. The molecular weight excluding hydrogens is 306 g/mol. The molecule has 0 saturated carbocycles. The van der Waals surface area contributed by atoms with E-state index in [0.717, 1.165) is 16.8 Å². The lowest BCUT2D eigenvalue weighted by molar-refractivity contribution is 0.0785. The summed E-state index contributed by atoms with van der Waals surface area (Å²) >= 11 is 3.51. The van der Waals surface area contributed by atoms with Crippen molar-refractivity contribution >= 4 is 15.9 Å². The van der Waals surface area contributed by atoms with Crippen LogP contribution in [0.2, 0.25) is 0 Å². The van der Waals surface area contributed by atoms with Gasteiger partial charge in [0, 0.05) is 18.5 Å². The van der Waals surface area contributed by atoms with E-state index in [-0.39, 0.29) is 5.41 Å². The molecule has 4 heteroatoms. The number of rotatable bonds is 6. The third-order valence-electron chi connectivity index (χ3n) is 3.06. The van der Waals surface area contributed by atoms with Crippen LogP contribution in [-0.4, -0.2) is 30.9 Å². The molecule has 0 aliphatic carbocycles. The molecule has 0 radical (unpaired) electrons. The summed E-state index contributed by atoms with van der Waals surface area (Å²) in [6.45, 7) is 9.34. The van der Waals surface area contributed by atoms with Gasteiger partial charge in [-0.15, -0.1) is 0 Å². The van der Waals surface area contributed by atoms with Crippen molar-refractivity contribution in [3.8, 4) is 5.75 Å². The highest BCUT2D eigenvalue weighted by Crippen LogP contribution is 2.31. The lowest BCUT2D eigenvalue weighted by atomic mass is 9.84. The Morgan fingerprint density at radius 3 is 2.32 bits per heavy atom. The zero-order valence-corrected chi connectivity index (χ0v) is 14.0. The SMILES string of the molecule is COc1ccc(C(C)(C)CNCC(C)(C)O)cc1Br. The van der Waals surface area contributed by atoms with Gasteiger partial charge in [-0.25, -0.2) is 0 Å². The van der Waals surface area contributed by atoms with Crippen molar-refractivity contribution in [2.75, 3.05) is 20.2 Å². The maximum absolute atomic E-state index is 9.71. The largest absolute Gasteiger partial charge is 0.496 e. The molecule has 1 rings (SSSR count). The first kappa shape index (κ1) is 16.5. The van der Waals surface area contributed by atoms with Crippen LogP contribution in [0.5, 0.6) is 5.75 Å². The second kappa shape index (κ2) is 6.25. The zero-order valence-electron chi connectivity index (χ0n) is 12.4. The molecule has 108 valence electrons. The molecule has 0 heterocycles. The predicted octanol–water partition coefficient (Wildman–Crippen LogP) is 3.10. The molecule has 0 aliphatic rings. The predicted molar refractivity (Wildman–Crippen MR) is 82.9 cm³/mol. The molecule has 0 saturated heterocycles. The number of hydrogen-bond acceptors (Lipinski definition) is 3. The summed E-state index contributed by atoms with van der Waals surface area (Å²) in [6, 6.07) is 6.14. The minimum atomic E-state index is -0.684. The Balaban J connectivity index is 2.74. The lowest BCUT2D eigenvalue weighted by Crippen LogP contribution is -2.41. The highest BCUT2D eigenvalue weighted by Gasteiger charge is 2.22. The second-order valence-corrected chi connectivity index (χ2v) is 7.00. The van der Waals surface area contributed by atoms with E-state index in [4.69, 9.17) is 4.74 Å². The van der Waals surface area contributed by atoms with Gasteiger partial charge >= 0.3 is 0 Å². The van der Waals surface area contributed by atoms with Crippen LogP contribution in [0.4, 0.5) is 0 Å². The average Bonchev–Trinajstić information content (AvgIpc) is 2.26. The van der Waals surface area contributed by atoms with Crippen molar-refractivity contribution in [2.45, 2.75) is 38.7 Å². The van der Waals surface area contributed by atoms with Gasteiger partial charge in [-0.1, -0.05) is 19.9 Å². The third-order valence-corrected chi connectivity index (χ3v) is 3.68. The van der Waals surface area contributed by atoms with Crippen molar-refractivity contribution in [2.24, 2.45) is 0 Å². The standard InChI is InChI=1S/C15H24BrNO2/c1-14(2,9-17-10-15(3,4)18)11-6-7-13(19-5)12(16)8-11/h6-8,17-18H,9-10H2,1-5H3. The fraction of sp³-hybridized carbons (Fsp3) is 0.600. The molecule has 0 bridgehead atoms. The normalized spacial score (nSPS) is 12.6. The van der Waals surface area contributed by atoms with Crippen LogP contribution >= 0.6 is 15.9 Å². The van der Waals surface area contributed by atoms with Crippen LogP contribution in [-0.2, 0) is 5.41 Å². The van der Waals surface area contributed by atoms with Crippen LogP contribution in [0, 0.1) is 0 Å². The molecule has 0 aliphatic heterocycles. The van der Waals surface area contributed by atoms with E-state index in [0.29, 0.717) is 6.54 Å². The minimum absolute atomic E-state index is 0.0138. The summed E-state index contributed by atoms with van der Waals surface area (Å²) < 4.78 is 6.20. The van der Waals surface area contributed by atoms with Crippen molar-refractivity contribution in [1.29, 1.82) is 0 Å². The van der Waals surface area contributed by atoms with Crippen molar-refractivity contribution in [3.63, 3.8) is 0 Å². The van der Waals surface area contributed by atoms with Crippen molar-refractivity contribution < 1.29 is 9.84 Å². The van der Waals surface area contributed by atoms with E-state index in [1.165, 1.54) is 5.56 Å². The van der Waals surface area contributed by atoms with E-state index >= 15 is 0 Å². The van der Waals surface area contributed by atoms with Crippen LogP contribution in [0.3, 0.4) is 0 Å². The molecule has 0 unspecified atom stereocenters. The Morgan fingerprint density at radius 2 is 1.84 bits per heavy atom. The summed E-state index contributed by atoms with van der Waals surface area (Å²) in [5.41, 5.74) is 0.528. The molecule has 0 spiro atoms. The van der Waals surface area contributed by atoms with Gasteiger partial charge in [0.05, 0.1) is 17.2 Å². The Kier molecular flexibility index (Phi) is 5.42. The lowest BCUT2D eigenvalue weighted by Gasteiger charge is -2.28. The van der Waals surface area contributed by atoms with Gasteiger partial charge in [-0.05, 0) is 47.5 Å². The van der Waals surface area contributed by atoms with Crippen LogP contribution in [0.15, 0.2) is 22.7 Å². The Bertz CT molecular complexity index is 425. The number of aliphatic hydroxyl groups is 1. The smallest absolute Gasteiger partial charge is 0.133 e. The monoisotopic (exact) mass is 329 g/mol. The molecule has 0 aromatic heterocycles. The molecule has 2 N–H and O–H groups in total. The Morgan fingerprint density at radius 1 is 1.21 bits per heavy atom. The summed E-state index contributed by atoms with van der Waals surface area (Å²) in [7, 11) is 1.66. The van der Waals surface area contributed by atoms with Gasteiger partial charge in [-0.2, -0.15) is 0 Å². The fourth-order valence-electron chi connectivity index (χ4n) is 1.87. The number of benzene rings is 1. The Hall–Kier alpha value is -0.580. The molecule has 1 aromatic rings. The Labute approximate surface area is 124 Å². The summed E-state index contributed by atoms with van der Waals surface area (Å²) in [5, 5.41) is 13.0. The van der Waals surface area contributed by atoms with Gasteiger partial charge in [0.2, 0.25) is 0 Å². The van der Waals surface area contributed by atoms with Gasteiger partial charge in [0.15, 0.2) is 0 Å². The van der Waals surface area contributed by atoms with Crippen molar-refractivity contribution in [3.05, 3.63) is 28.2 Å². The summed E-state index contributed by atoms with van der Waals surface area (Å²) in [6.07, 6.45) is 0. The molecule has 19 heavy (non-hydrogen) atoms. The molecular formula is C15H24BrNO2. The number of halogens is 1. The maximum Gasteiger partial charge on any atom is 0.133 e. The van der Waals surface area contributed by atoms with Crippen molar-refractivity contribution in [1.82, 2.24) is 5.32 Å². The van der Waals surface area contributed by atoms with Gasteiger partial charge in [0.1, 0.15) is 5.75 Å². The number of nitrogens with one attached hydrogen (secondary N) is 1. The summed E-state index contributed by atoms with van der Waals surface area (Å²) in [5.74, 6) is 0.837. The second-order valence-electron chi connectivity index (χ2n) is 6.15. The van der Waals surface area contributed by atoms with Crippen LogP contribution in [0.25, 0.3) is 0 Å². The average molecular weight is 330 g/mol. The van der Waals surface area contributed by atoms with Gasteiger partial charge in [-0.3, -0.25) is 0 Å². The van der Waals surface area contributed by atoms with Crippen LogP contribution < -0.4 is 10.1 Å². The first-order chi connectivity index (χ1) is 8.65. The van der Waals surface area contributed by atoms with Gasteiger partial charge in [0.25, 0.3) is 0 Å². The zero-order chi connectivity index (χ0) is 14.7. The number of methoxy groups -OCH3 is 1. The van der Waals surface area contributed by atoms with E-state index in [1.54, 1.807) is 21.0 Å². The molecule has 0 fully saturated rings. The molecule has 1 aromatic carbocycles. The van der Waals surface area contributed by atoms with E-state index in [9.17, 15) is 5.11 Å². The van der Waals surface area contributed by atoms with Gasteiger partial charge < -0.3 is 15.2 Å². The molecule has 3 nitrogen and oxygen atoms in total.